The number of nitrogens with two attached hydrogens (primary N) is 1. The molecule has 0 atom stereocenters. The van der Waals surface area contributed by atoms with Crippen molar-refractivity contribution in [3.05, 3.63) is 10.9 Å². The van der Waals surface area contributed by atoms with Gasteiger partial charge in [0.1, 0.15) is 7.85 Å². The van der Waals surface area contributed by atoms with Crippen molar-refractivity contribution in [2.75, 3.05) is 5.73 Å². The molecule has 2 radical (unpaired) electrons. The maximum Gasteiger partial charge on any atom is 0.131 e. The lowest BCUT2D eigenvalue weighted by molar-refractivity contribution is 1.64. The first-order valence-electron chi connectivity index (χ1n) is 2.31. The highest BCUT2D eigenvalue weighted by molar-refractivity contribution is 7.20. The Balaban J connectivity index is 3.14. The summed E-state index contributed by atoms with van der Waals surface area (Å²) in [6.45, 7) is 1.98. The Kier molecular flexibility index (Phi) is 1.30. The zero-order valence-electron chi connectivity index (χ0n) is 4.64. The van der Waals surface area contributed by atoms with Crippen molar-refractivity contribution in [2.24, 2.45) is 0 Å². The molecule has 1 aromatic heterocycles. The van der Waals surface area contributed by atoms with E-state index >= 15 is 0 Å². The van der Waals surface area contributed by atoms with Crippen LogP contribution in [0.5, 0.6) is 0 Å². The van der Waals surface area contributed by atoms with Crippen molar-refractivity contribution in [3.63, 3.8) is 0 Å². The van der Waals surface area contributed by atoms with Crippen molar-refractivity contribution < 1.29 is 0 Å². The maximum absolute atomic E-state index is 5.43. The Morgan fingerprint density at radius 2 is 2.38 bits per heavy atom. The van der Waals surface area contributed by atoms with E-state index in [4.69, 9.17) is 13.6 Å². The molecular weight excluding hydrogens is 117 g/mol. The van der Waals surface area contributed by atoms with Gasteiger partial charge in [0.25, 0.3) is 0 Å². The fraction of sp³-hybridized carbons (Fsp3) is 0.200. The molecule has 3 heteroatoms. The number of hydrogen-bond acceptors (Lipinski definition) is 2. The summed E-state index contributed by atoms with van der Waals surface area (Å²) < 4.78 is 0.725. The monoisotopic (exact) mass is 123 g/mol. The molecule has 0 aliphatic rings. The highest BCUT2D eigenvalue weighted by Crippen LogP contribution is 2.09. The van der Waals surface area contributed by atoms with Crippen LogP contribution < -0.4 is 10.5 Å². The summed E-state index contributed by atoms with van der Waals surface area (Å²) in [5.74, 6) is 0. The second-order valence-corrected chi connectivity index (χ2v) is 2.96. The van der Waals surface area contributed by atoms with E-state index in [2.05, 4.69) is 0 Å². The molecule has 0 amide bonds. The van der Waals surface area contributed by atoms with Gasteiger partial charge in [-0.25, -0.2) is 0 Å². The Morgan fingerprint density at radius 3 is 2.50 bits per heavy atom. The quantitative estimate of drug-likeness (QED) is 0.497. The average Bonchev–Trinajstić information content (AvgIpc) is 1.85. The van der Waals surface area contributed by atoms with Crippen LogP contribution in [0.4, 0.5) is 5.69 Å². The lowest BCUT2D eigenvalue weighted by Crippen LogP contribution is -2.00. The van der Waals surface area contributed by atoms with Gasteiger partial charge in [0, 0.05) is 10.6 Å². The molecule has 0 saturated heterocycles. The van der Waals surface area contributed by atoms with E-state index in [-0.39, 0.29) is 0 Å². The molecule has 0 spiro atoms. The van der Waals surface area contributed by atoms with Gasteiger partial charge in [0.05, 0.1) is 0 Å². The Hall–Kier alpha value is -0.435. The van der Waals surface area contributed by atoms with Crippen LogP contribution in [-0.4, -0.2) is 7.85 Å². The average molecular weight is 123 g/mol. The van der Waals surface area contributed by atoms with Crippen molar-refractivity contribution in [1.29, 1.82) is 0 Å². The molecule has 0 aliphatic carbocycles. The predicted octanol–water partition coefficient (Wildman–Crippen LogP) is 0.433. The van der Waals surface area contributed by atoms with Crippen LogP contribution >= 0.6 is 11.3 Å². The van der Waals surface area contributed by atoms with E-state index in [9.17, 15) is 0 Å². The molecule has 0 bridgehead atoms. The lowest BCUT2D eigenvalue weighted by atomic mass is 10.1. The highest BCUT2D eigenvalue weighted by atomic mass is 32.1. The summed E-state index contributed by atoms with van der Waals surface area (Å²) in [5, 5.41) is 0. The maximum atomic E-state index is 5.43. The molecule has 1 heterocycles. The second-order valence-electron chi connectivity index (χ2n) is 1.68. The van der Waals surface area contributed by atoms with E-state index in [1.807, 2.05) is 13.0 Å². The van der Waals surface area contributed by atoms with Crippen LogP contribution in [0.2, 0.25) is 0 Å². The minimum absolute atomic E-state index is 0.701. The van der Waals surface area contributed by atoms with Crippen molar-refractivity contribution in [3.8, 4) is 0 Å². The van der Waals surface area contributed by atoms with Crippen LogP contribution in [0, 0.1) is 6.92 Å². The molecule has 2 N–H and O–H groups in total. The van der Waals surface area contributed by atoms with Gasteiger partial charge in [0.2, 0.25) is 0 Å². The molecule has 0 unspecified atom stereocenters. The fourth-order valence-electron chi connectivity index (χ4n) is 0.552. The van der Waals surface area contributed by atoms with E-state index < -0.39 is 0 Å². The third-order valence-corrected chi connectivity index (χ3v) is 1.81. The first-order chi connectivity index (χ1) is 3.70. The number of rotatable bonds is 0. The van der Waals surface area contributed by atoms with Crippen LogP contribution in [0.15, 0.2) is 6.07 Å². The van der Waals surface area contributed by atoms with Crippen molar-refractivity contribution in [2.45, 2.75) is 6.92 Å². The first-order valence-corrected chi connectivity index (χ1v) is 3.13. The van der Waals surface area contributed by atoms with Gasteiger partial charge in [-0.15, -0.1) is 0 Å². The molecule has 40 valence electrons. The van der Waals surface area contributed by atoms with Crippen molar-refractivity contribution >= 4 is 29.6 Å². The van der Waals surface area contributed by atoms with Crippen LogP contribution in [0.25, 0.3) is 0 Å². The zero-order valence-corrected chi connectivity index (χ0v) is 5.46. The summed E-state index contributed by atoms with van der Waals surface area (Å²) in [4.78, 5) is 1.17. The predicted molar refractivity (Wildman–Crippen MR) is 38.9 cm³/mol. The van der Waals surface area contributed by atoms with Gasteiger partial charge in [-0.05, 0) is 17.8 Å². The normalized spacial score (nSPS) is 9.62. The Labute approximate surface area is 53.9 Å². The van der Waals surface area contributed by atoms with Crippen LogP contribution in [-0.2, 0) is 0 Å². The lowest BCUT2D eigenvalue weighted by Gasteiger charge is -1.81. The highest BCUT2D eigenvalue weighted by Gasteiger charge is 1.94. The Morgan fingerprint density at radius 1 is 1.75 bits per heavy atom. The van der Waals surface area contributed by atoms with E-state index in [1.165, 1.54) is 16.2 Å². The molecule has 0 aliphatic heterocycles. The largest absolute Gasteiger partial charge is 0.399 e. The minimum Gasteiger partial charge on any atom is -0.399 e. The number of nitrogen functional groups attached to an aromatic ring is 1. The number of anilines is 1. The van der Waals surface area contributed by atoms with E-state index in [0.29, 0.717) is 5.69 Å². The summed E-state index contributed by atoms with van der Waals surface area (Å²) in [5.41, 5.74) is 6.13. The SMILES string of the molecule is [B]c1sc(C)cc1N. The minimum atomic E-state index is 0.701. The Bertz CT molecular complexity index is 175. The van der Waals surface area contributed by atoms with Gasteiger partial charge in [-0.3, -0.25) is 0 Å². The van der Waals surface area contributed by atoms with Gasteiger partial charge >= 0.3 is 0 Å². The molecule has 0 aromatic carbocycles. The molecule has 1 nitrogen and oxygen atoms in total. The third kappa shape index (κ3) is 0.867. The van der Waals surface area contributed by atoms with Gasteiger partial charge in [0.15, 0.2) is 0 Å². The van der Waals surface area contributed by atoms with E-state index in [0.717, 1.165) is 4.78 Å². The third-order valence-electron chi connectivity index (χ3n) is 0.914. The summed E-state index contributed by atoms with van der Waals surface area (Å²) in [6, 6.07) is 1.88. The molecule has 8 heavy (non-hydrogen) atoms. The van der Waals surface area contributed by atoms with E-state index in [1.54, 1.807) is 0 Å². The smallest absolute Gasteiger partial charge is 0.131 e. The summed E-state index contributed by atoms with van der Waals surface area (Å²) >= 11 is 1.52. The summed E-state index contributed by atoms with van der Waals surface area (Å²) in [7, 11) is 5.43. The number of aryl methyl sites for hydroxylation is 1. The van der Waals surface area contributed by atoms with Gasteiger partial charge in [-0.1, -0.05) is 0 Å². The van der Waals surface area contributed by atoms with Gasteiger partial charge in [-0.2, -0.15) is 11.3 Å². The summed E-state index contributed by atoms with van der Waals surface area (Å²) in [6.07, 6.45) is 0. The molecule has 0 saturated carbocycles. The van der Waals surface area contributed by atoms with Crippen LogP contribution in [0.3, 0.4) is 0 Å². The molecular formula is C5H6BNS. The number of hydrogen-bond donors (Lipinski definition) is 1. The molecule has 0 fully saturated rings. The van der Waals surface area contributed by atoms with Gasteiger partial charge < -0.3 is 5.73 Å². The second kappa shape index (κ2) is 1.82. The zero-order chi connectivity index (χ0) is 6.15. The first kappa shape index (κ1) is 5.70. The number of thiophene rings is 1. The van der Waals surface area contributed by atoms with Crippen LogP contribution in [0.1, 0.15) is 4.88 Å². The topological polar surface area (TPSA) is 26.0 Å². The standard InChI is InChI=1S/C5H6BNS/c1-3-2-4(7)5(6)8-3/h2H,7H2,1H3. The molecule has 1 rings (SSSR count). The fourth-order valence-corrected chi connectivity index (χ4v) is 1.26. The van der Waals surface area contributed by atoms with Crippen molar-refractivity contribution in [1.82, 2.24) is 0 Å². The molecule has 1 aromatic rings.